The zero-order valence-corrected chi connectivity index (χ0v) is 18.6. The smallest absolute Gasteiger partial charge is 0.336 e. The van der Waals surface area contributed by atoms with Gasteiger partial charge in [-0.05, 0) is 57.0 Å². The summed E-state index contributed by atoms with van der Waals surface area (Å²) in [6.07, 6.45) is 1.91. The Morgan fingerprint density at radius 3 is 2.84 bits per heavy atom. The maximum absolute atomic E-state index is 13.2. The van der Waals surface area contributed by atoms with Crippen molar-refractivity contribution in [2.75, 3.05) is 6.61 Å². The van der Waals surface area contributed by atoms with Gasteiger partial charge in [-0.25, -0.2) is 9.18 Å². The van der Waals surface area contributed by atoms with Crippen molar-refractivity contribution in [1.29, 1.82) is 0 Å². The first-order valence-corrected chi connectivity index (χ1v) is 10.8. The van der Waals surface area contributed by atoms with Gasteiger partial charge in [0, 0.05) is 23.4 Å². The van der Waals surface area contributed by atoms with Crippen LogP contribution in [0.2, 0.25) is 5.02 Å². The fourth-order valence-electron chi connectivity index (χ4n) is 4.12. The Bertz CT molecular complexity index is 1130. The fourth-order valence-corrected chi connectivity index (χ4v) is 4.34. The second-order valence-electron chi connectivity index (χ2n) is 7.65. The van der Waals surface area contributed by atoms with Gasteiger partial charge in [0.2, 0.25) is 0 Å². The summed E-state index contributed by atoms with van der Waals surface area (Å²) < 4.78 is 30.2. The minimum atomic E-state index is -0.652. The van der Waals surface area contributed by atoms with E-state index in [1.165, 1.54) is 18.2 Å². The first kappa shape index (κ1) is 22.1. The molecule has 0 unspecified atom stereocenters. The molecule has 0 amide bonds. The van der Waals surface area contributed by atoms with Gasteiger partial charge in [-0.15, -0.1) is 0 Å². The molecule has 1 aromatic heterocycles. The highest BCUT2D eigenvalue weighted by Crippen LogP contribution is 2.43. The first-order valence-electron chi connectivity index (χ1n) is 10.5. The average Bonchev–Trinajstić information content (AvgIpc) is 3.21. The summed E-state index contributed by atoms with van der Waals surface area (Å²) in [7, 11) is 0. The molecular weight excluding hydrogens is 437 g/mol. The Kier molecular flexibility index (Phi) is 6.37. The number of halogens is 2. The van der Waals surface area contributed by atoms with Crippen LogP contribution < -0.4 is 10.1 Å². The summed E-state index contributed by atoms with van der Waals surface area (Å²) in [4.78, 5) is 25.6. The third kappa shape index (κ3) is 4.30. The molecule has 1 aliphatic heterocycles. The van der Waals surface area contributed by atoms with Crippen LogP contribution in [0.15, 0.2) is 57.3 Å². The molecule has 8 heteroatoms. The summed E-state index contributed by atoms with van der Waals surface area (Å²) in [5, 5.41) is 3.38. The third-order valence-corrected chi connectivity index (χ3v) is 5.80. The van der Waals surface area contributed by atoms with Crippen LogP contribution in [0.3, 0.4) is 0 Å². The van der Waals surface area contributed by atoms with E-state index in [9.17, 15) is 14.0 Å². The van der Waals surface area contributed by atoms with Crippen LogP contribution in [0.25, 0.3) is 0 Å². The van der Waals surface area contributed by atoms with Crippen LogP contribution in [-0.2, 0) is 20.9 Å². The molecule has 0 saturated carbocycles. The second-order valence-corrected chi connectivity index (χ2v) is 8.06. The number of allylic oxidation sites excluding steroid dienone is 3. The molecular formula is C24H23ClFNO5. The minimum Gasteiger partial charge on any atom is -0.484 e. The number of furan rings is 1. The monoisotopic (exact) mass is 459 g/mol. The van der Waals surface area contributed by atoms with E-state index >= 15 is 0 Å². The molecule has 6 nitrogen and oxygen atoms in total. The molecule has 2 aliphatic rings. The van der Waals surface area contributed by atoms with Crippen LogP contribution in [0, 0.1) is 5.82 Å². The number of carbonyl (C=O) groups is 2. The molecule has 1 aromatic carbocycles. The molecule has 2 heterocycles. The molecule has 0 saturated heterocycles. The lowest BCUT2D eigenvalue weighted by Crippen LogP contribution is -2.34. The van der Waals surface area contributed by atoms with Crippen LogP contribution in [0.4, 0.5) is 4.39 Å². The number of ether oxygens (including phenoxy) is 2. The van der Waals surface area contributed by atoms with Gasteiger partial charge in [-0.1, -0.05) is 11.6 Å². The number of hydrogen-bond donors (Lipinski definition) is 1. The number of dihydropyridines is 1. The Morgan fingerprint density at radius 2 is 2.09 bits per heavy atom. The van der Waals surface area contributed by atoms with E-state index in [0.29, 0.717) is 40.5 Å². The number of rotatable bonds is 6. The summed E-state index contributed by atoms with van der Waals surface area (Å²) in [5.41, 5.74) is 2.39. The zero-order chi connectivity index (χ0) is 22.8. The molecule has 2 aromatic rings. The van der Waals surface area contributed by atoms with Gasteiger partial charge >= 0.3 is 5.97 Å². The maximum atomic E-state index is 13.2. The van der Waals surface area contributed by atoms with Crippen LogP contribution in [0.1, 0.15) is 50.5 Å². The Hall–Kier alpha value is -3.06. The predicted molar refractivity (Wildman–Crippen MR) is 116 cm³/mol. The van der Waals surface area contributed by atoms with Gasteiger partial charge in [0.15, 0.2) is 5.78 Å². The molecule has 1 aliphatic carbocycles. The number of hydrogen-bond acceptors (Lipinski definition) is 6. The molecule has 4 rings (SSSR count). The molecule has 32 heavy (non-hydrogen) atoms. The van der Waals surface area contributed by atoms with E-state index in [-0.39, 0.29) is 24.0 Å². The lowest BCUT2D eigenvalue weighted by atomic mass is 9.77. The molecule has 0 spiro atoms. The lowest BCUT2D eigenvalue weighted by Gasteiger charge is -2.32. The van der Waals surface area contributed by atoms with Crippen molar-refractivity contribution in [1.82, 2.24) is 5.32 Å². The van der Waals surface area contributed by atoms with Crippen molar-refractivity contribution in [3.05, 3.63) is 75.2 Å². The Balaban J connectivity index is 1.65. The number of esters is 1. The first-order chi connectivity index (χ1) is 15.4. The second kappa shape index (κ2) is 9.20. The van der Waals surface area contributed by atoms with E-state index < -0.39 is 17.7 Å². The van der Waals surface area contributed by atoms with E-state index in [4.69, 9.17) is 25.5 Å². The number of nitrogens with one attached hydrogen (secondary N) is 1. The van der Waals surface area contributed by atoms with Crippen molar-refractivity contribution in [3.8, 4) is 5.75 Å². The number of carbonyl (C=O) groups excluding carboxylic acids is 2. The highest BCUT2D eigenvalue weighted by atomic mass is 35.5. The maximum Gasteiger partial charge on any atom is 0.336 e. The summed E-state index contributed by atoms with van der Waals surface area (Å²) in [5.74, 6) is -0.344. The Labute approximate surface area is 190 Å². The minimum absolute atomic E-state index is 0.00894. The highest BCUT2D eigenvalue weighted by Gasteiger charge is 2.40. The lowest BCUT2D eigenvalue weighted by molar-refractivity contribution is -0.138. The van der Waals surface area contributed by atoms with E-state index in [1.807, 2.05) is 0 Å². The van der Waals surface area contributed by atoms with Crippen LogP contribution in [-0.4, -0.2) is 18.4 Å². The van der Waals surface area contributed by atoms with Gasteiger partial charge in [-0.2, -0.15) is 0 Å². The average molecular weight is 460 g/mol. The largest absolute Gasteiger partial charge is 0.484 e. The molecule has 0 bridgehead atoms. The molecule has 1 atom stereocenters. The molecule has 0 radical (unpaired) electrons. The summed E-state index contributed by atoms with van der Waals surface area (Å²) in [6.45, 7) is 3.80. The van der Waals surface area contributed by atoms with Gasteiger partial charge in [0.05, 0.1) is 23.1 Å². The number of Topliss-reactive ketones (excluding diaryl/α,β-unsaturated/α-hetero) is 1. The van der Waals surface area contributed by atoms with Gasteiger partial charge in [0.25, 0.3) is 0 Å². The quantitative estimate of drug-likeness (QED) is 0.599. The standard InChI is InChI=1S/C24H23ClFNO5/c1-3-30-24(29)21-13(2)27-17-5-4-6-18(28)22(17)23(21)20-10-8-15(32-20)12-31-19-9-7-14(26)11-16(19)25/h7-11,23,27H,3-6,12H2,1-2H3/t23-/m1/s1. The molecule has 168 valence electrons. The molecule has 0 fully saturated rings. The van der Waals surface area contributed by atoms with Crippen molar-refractivity contribution in [2.45, 2.75) is 45.6 Å². The number of ketones is 1. The third-order valence-electron chi connectivity index (χ3n) is 5.50. The van der Waals surface area contributed by atoms with Gasteiger partial charge in [-0.3, -0.25) is 4.79 Å². The van der Waals surface area contributed by atoms with E-state index in [1.54, 1.807) is 26.0 Å². The molecule has 1 N–H and O–H groups in total. The van der Waals surface area contributed by atoms with Crippen molar-refractivity contribution < 1.29 is 27.9 Å². The van der Waals surface area contributed by atoms with E-state index in [2.05, 4.69) is 5.32 Å². The van der Waals surface area contributed by atoms with E-state index in [0.717, 1.165) is 18.5 Å². The van der Waals surface area contributed by atoms with Crippen molar-refractivity contribution in [2.24, 2.45) is 0 Å². The van der Waals surface area contributed by atoms with Crippen LogP contribution in [0.5, 0.6) is 5.75 Å². The normalized spacial score (nSPS) is 18.4. The predicted octanol–water partition coefficient (Wildman–Crippen LogP) is 5.18. The summed E-state index contributed by atoms with van der Waals surface area (Å²) >= 11 is 6.01. The van der Waals surface area contributed by atoms with Crippen molar-refractivity contribution in [3.63, 3.8) is 0 Å². The SMILES string of the molecule is CCOC(=O)C1=C(C)NC2=C(C(=O)CCC2)[C@@H]1c1ccc(COc2ccc(F)cc2Cl)o1. The number of benzene rings is 1. The van der Waals surface area contributed by atoms with Gasteiger partial charge in [0.1, 0.15) is 29.7 Å². The summed E-state index contributed by atoms with van der Waals surface area (Å²) in [6, 6.07) is 7.32. The Morgan fingerprint density at radius 1 is 1.28 bits per heavy atom. The van der Waals surface area contributed by atoms with Crippen molar-refractivity contribution >= 4 is 23.4 Å². The zero-order valence-electron chi connectivity index (χ0n) is 17.8. The fraction of sp³-hybridized carbons (Fsp3) is 0.333. The van der Waals surface area contributed by atoms with Crippen LogP contribution >= 0.6 is 11.6 Å². The highest BCUT2D eigenvalue weighted by molar-refractivity contribution is 6.32. The van der Waals surface area contributed by atoms with Gasteiger partial charge < -0.3 is 19.2 Å². The topological polar surface area (TPSA) is 77.8 Å².